The first-order chi connectivity index (χ1) is 5.69. The number of aryl methyl sites for hydroxylation is 2. The van der Waals surface area contributed by atoms with E-state index in [0.29, 0.717) is 0 Å². The fraction of sp³-hybridized carbons (Fsp3) is 0.300. The van der Waals surface area contributed by atoms with Gasteiger partial charge in [-0.3, -0.25) is 0 Å². The van der Waals surface area contributed by atoms with Crippen molar-refractivity contribution in [3.8, 4) is 6.07 Å². The Kier molecular flexibility index (Phi) is 2.88. The van der Waals surface area contributed by atoms with Crippen molar-refractivity contribution >= 4 is 15.9 Å². The van der Waals surface area contributed by atoms with Gasteiger partial charge in [-0.25, -0.2) is 0 Å². The SMILES string of the molecule is CCc1cc(C#N)cc(C)c1Br. The second-order valence-electron chi connectivity index (χ2n) is 2.73. The molecule has 0 unspecified atom stereocenters. The van der Waals surface area contributed by atoms with Crippen LogP contribution >= 0.6 is 15.9 Å². The van der Waals surface area contributed by atoms with E-state index in [1.165, 1.54) is 5.56 Å². The van der Waals surface area contributed by atoms with Gasteiger partial charge in [0.1, 0.15) is 0 Å². The summed E-state index contributed by atoms with van der Waals surface area (Å²) in [6, 6.07) is 5.97. The molecule has 0 saturated carbocycles. The summed E-state index contributed by atoms with van der Waals surface area (Å²) in [6.45, 7) is 4.09. The Morgan fingerprint density at radius 3 is 2.67 bits per heavy atom. The Bertz CT molecular complexity index is 336. The molecule has 0 aliphatic rings. The van der Waals surface area contributed by atoms with Crippen LogP contribution < -0.4 is 0 Å². The lowest BCUT2D eigenvalue weighted by Crippen LogP contribution is -1.88. The number of hydrogen-bond acceptors (Lipinski definition) is 1. The minimum absolute atomic E-state index is 0.743. The van der Waals surface area contributed by atoms with Crippen molar-refractivity contribution in [2.24, 2.45) is 0 Å². The van der Waals surface area contributed by atoms with Crippen LogP contribution in [0.5, 0.6) is 0 Å². The van der Waals surface area contributed by atoms with E-state index in [9.17, 15) is 0 Å². The zero-order valence-electron chi connectivity index (χ0n) is 7.19. The van der Waals surface area contributed by atoms with Crippen LogP contribution in [0, 0.1) is 18.3 Å². The molecule has 0 aliphatic carbocycles. The molecule has 62 valence electrons. The lowest BCUT2D eigenvalue weighted by molar-refractivity contribution is 1.11. The number of rotatable bonds is 1. The van der Waals surface area contributed by atoms with Gasteiger partial charge in [0.15, 0.2) is 0 Å². The summed E-state index contributed by atoms with van der Waals surface area (Å²) in [4.78, 5) is 0. The van der Waals surface area contributed by atoms with Crippen LogP contribution in [0.1, 0.15) is 23.6 Å². The van der Waals surface area contributed by atoms with E-state index in [-0.39, 0.29) is 0 Å². The monoisotopic (exact) mass is 223 g/mol. The molecule has 0 bridgehead atoms. The Hall–Kier alpha value is -0.810. The van der Waals surface area contributed by atoms with Crippen molar-refractivity contribution < 1.29 is 0 Å². The molecule has 0 radical (unpaired) electrons. The van der Waals surface area contributed by atoms with Gasteiger partial charge in [-0.2, -0.15) is 5.26 Å². The van der Waals surface area contributed by atoms with Gasteiger partial charge in [0.25, 0.3) is 0 Å². The van der Waals surface area contributed by atoms with Gasteiger partial charge in [0.05, 0.1) is 11.6 Å². The van der Waals surface area contributed by atoms with Gasteiger partial charge >= 0.3 is 0 Å². The molecule has 1 rings (SSSR count). The first-order valence-corrected chi connectivity index (χ1v) is 4.67. The van der Waals surface area contributed by atoms with Crippen molar-refractivity contribution in [2.75, 3.05) is 0 Å². The molecule has 0 N–H and O–H groups in total. The lowest BCUT2D eigenvalue weighted by atomic mass is 10.1. The van der Waals surface area contributed by atoms with Gasteiger partial charge in [-0.15, -0.1) is 0 Å². The molecule has 0 spiro atoms. The summed E-state index contributed by atoms with van der Waals surface area (Å²) in [6.07, 6.45) is 0.955. The molecule has 2 heteroatoms. The third-order valence-electron chi connectivity index (χ3n) is 1.84. The molecule has 0 heterocycles. The Morgan fingerprint density at radius 2 is 2.17 bits per heavy atom. The van der Waals surface area contributed by atoms with E-state index in [1.807, 2.05) is 19.1 Å². The van der Waals surface area contributed by atoms with E-state index >= 15 is 0 Å². The van der Waals surface area contributed by atoms with E-state index in [2.05, 4.69) is 28.9 Å². The Labute approximate surface area is 81.2 Å². The van der Waals surface area contributed by atoms with Gasteiger partial charge < -0.3 is 0 Å². The second-order valence-corrected chi connectivity index (χ2v) is 3.52. The lowest BCUT2D eigenvalue weighted by Gasteiger charge is -2.04. The predicted molar refractivity (Wildman–Crippen MR) is 53.0 cm³/mol. The highest BCUT2D eigenvalue weighted by molar-refractivity contribution is 9.10. The minimum atomic E-state index is 0.743. The molecule has 0 atom stereocenters. The molecule has 1 aromatic carbocycles. The molecule has 1 nitrogen and oxygen atoms in total. The largest absolute Gasteiger partial charge is 0.192 e. The van der Waals surface area contributed by atoms with E-state index < -0.39 is 0 Å². The van der Waals surface area contributed by atoms with Crippen molar-refractivity contribution in [2.45, 2.75) is 20.3 Å². The second kappa shape index (κ2) is 3.73. The van der Waals surface area contributed by atoms with Crippen LogP contribution in [-0.2, 0) is 6.42 Å². The molecule has 0 saturated heterocycles. The van der Waals surface area contributed by atoms with Crippen molar-refractivity contribution in [3.63, 3.8) is 0 Å². The molecule has 1 aromatic rings. The standard InChI is InChI=1S/C10H10BrN/c1-3-9-5-8(6-12)4-7(2)10(9)11/h4-5H,3H2,1-2H3. The van der Waals surface area contributed by atoms with Crippen LogP contribution in [0.15, 0.2) is 16.6 Å². The van der Waals surface area contributed by atoms with Gasteiger partial charge in [-0.05, 0) is 36.6 Å². The van der Waals surface area contributed by atoms with E-state index in [4.69, 9.17) is 5.26 Å². The fourth-order valence-electron chi connectivity index (χ4n) is 1.16. The summed E-state index contributed by atoms with van der Waals surface area (Å²) in [5, 5.41) is 8.71. The summed E-state index contributed by atoms with van der Waals surface area (Å²) >= 11 is 3.49. The average Bonchev–Trinajstić information content (AvgIpc) is 2.09. The number of hydrogen-bond donors (Lipinski definition) is 0. The maximum Gasteiger partial charge on any atom is 0.0991 e. The highest BCUT2D eigenvalue weighted by atomic mass is 79.9. The Morgan fingerprint density at radius 1 is 1.50 bits per heavy atom. The molecule has 0 aliphatic heterocycles. The van der Waals surface area contributed by atoms with Crippen LogP contribution in [0.4, 0.5) is 0 Å². The predicted octanol–water partition coefficient (Wildman–Crippen LogP) is 3.19. The Balaban J connectivity index is 3.31. The maximum atomic E-state index is 8.71. The summed E-state index contributed by atoms with van der Waals surface area (Å²) in [7, 11) is 0. The highest BCUT2D eigenvalue weighted by Crippen LogP contribution is 2.23. The normalized spacial score (nSPS) is 9.50. The van der Waals surface area contributed by atoms with E-state index in [0.717, 1.165) is 22.0 Å². The number of halogens is 1. The van der Waals surface area contributed by atoms with Crippen molar-refractivity contribution in [1.29, 1.82) is 5.26 Å². The smallest absolute Gasteiger partial charge is 0.0991 e. The van der Waals surface area contributed by atoms with Gasteiger partial charge in [-0.1, -0.05) is 22.9 Å². The number of nitrogens with zero attached hydrogens (tertiary/aromatic N) is 1. The molecular weight excluding hydrogens is 214 g/mol. The first-order valence-electron chi connectivity index (χ1n) is 3.88. The number of benzene rings is 1. The summed E-state index contributed by atoms with van der Waals surface area (Å²) in [5.41, 5.74) is 3.07. The zero-order valence-corrected chi connectivity index (χ0v) is 8.77. The first kappa shape index (κ1) is 9.28. The molecular formula is C10H10BrN. The molecule has 0 amide bonds. The maximum absolute atomic E-state index is 8.71. The third kappa shape index (κ3) is 1.67. The molecule has 12 heavy (non-hydrogen) atoms. The van der Waals surface area contributed by atoms with Crippen molar-refractivity contribution in [1.82, 2.24) is 0 Å². The van der Waals surface area contributed by atoms with Gasteiger partial charge in [0, 0.05) is 4.47 Å². The molecule has 0 aromatic heterocycles. The van der Waals surface area contributed by atoms with Gasteiger partial charge in [0.2, 0.25) is 0 Å². The minimum Gasteiger partial charge on any atom is -0.192 e. The van der Waals surface area contributed by atoms with E-state index in [1.54, 1.807) is 0 Å². The van der Waals surface area contributed by atoms with Crippen LogP contribution in [0.25, 0.3) is 0 Å². The fourth-order valence-corrected chi connectivity index (χ4v) is 1.67. The van der Waals surface area contributed by atoms with Crippen LogP contribution in [0.3, 0.4) is 0 Å². The molecule has 0 fully saturated rings. The third-order valence-corrected chi connectivity index (χ3v) is 2.97. The summed E-state index contributed by atoms with van der Waals surface area (Å²) in [5.74, 6) is 0. The zero-order chi connectivity index (χ0) is 9.14. The van der Waals surface area contributed by atoms with Crippen molar-refractivity contribution in [3.05, 3.63) is 33.3 Å². The van der Waals surface area contributed by atoms with Crippen LogP contribution in [0.2, 0.25) is 0 Å². The van der Waals surface area contributed by atoms with Crippen LogP contribution in [-0.4, -0.2) is 0 Å². The average molecular weight is 224 g/mol. The quantitative estimate of drug-likeness (QED) is 0.718. The highest BCUT2D eigenvalue weighted by Gasteiger charge is 2.03. The summed E-state index contributed by atoms with van der Waals surface area (Å²) < 4.78 is 1.13. The topological polar surface area (TPSA) is 23.8 Å². The number of nitriles is 1.